The molecule has 0 saturated heterocycles. The number of ether oxygens (including phenoxy) is 1. The van der Waals surface area contributed by atoms with Gasteiger partial charge in [-0.1, -0.05) is 12.1 Å². The van der Waals surface area contributed by atoms with E-state index in [9.17, 15) is 13.6 Å². The van der Waals surface area contributed by atoms with Gasteiger partial charge in [-0.2, -0.15) is 18.7 Å². The molecule has 12 heteroatoms. The van der Waals surface area contributed by atoms with E-state index in [0.717, 1.165) is 18.3 Å². The number of thiazole rings is 1. The molecule has 0 spiro atoms. The van der Waals surface area contributed by atoms with Crippen molar-refractivity contribution in [2.45, 2.75) is 19.4 Å². The molecule has 3 aromatic heterocycles. The third kappa shape index (κ3) is 4.58. The second-order valence-corrected chi connectivity index (χ2v) is 7.43. The topological polar surface area (TPSA) is 108 Å². The summed E-state index contributed by atoms with van der Waals surface area (Å²) in [5, 5.41) is 12.5. The zero-order chi connectivity index (χ0) is 22.0. The molecule has 0 bridgehead atoms. The van der Waals surface area contributed by atoms with Crippen molar-refractivity contribution in [2.75, 3.05) is 12.4 Å². The zero-order valence-electron chi connectivity index (χ0n) is 16.4. The van der Waals surface area contributed by atoms with Gasteiger partial charge in [0.1, 0.15) is 23.0 Å². The molecular formula is C19H16F2N6O3S. The van der Waals surface area contributed by atoms with Crippen molar-refractivity contribution in [3.63, 3.8) is 0 Å². The van der Waals surface area contributed by atoms with Crippen molar-refractivity contribution in [1.82, 2.24) is 25.0 Å². The third-order valence-electron chi connectivity index (χ3n) is 4.17. The maximum Gasteiger partial charge on any atom is 0.287 e. The normalized spacial score (nSPS) is 11.5. The van der Waals surface area contributed by atoms with Crippen molar-refractivity contribution >= 4 is 23.1 Å². The lowest BCUT2D eigenvalue weighted by atomic mass is 10.1. The summed E-state index contributed by atoms with van der Waals surface area (Å²) in [4.78, 5) is 21.8. The number of benzene rings is 1. The number of oxazole rings is 1. The molecular weight excluding hydrogens is 430 g/mol. The van der Waals surface area contributed by atoms with Gasteiger partial charge in [0.05, 0.1) is 13.3 Å². The molecule has 1 amide bonds. The Morgan fingerprint density at radius 2 is 2.23 bits per heavy atom. The van der Waals surface area contributed by atoms with Crippen molar-refractivity contribution in [3.05, 3.63) is 58.6 Å². The molecule has 0 unspecified atom stereocenters. The number of carbonyl (C=O) groups excluding carboxylic acids is 1. The van der Waals surface area contributed by atoms with E-state index in [1.165, 1.54) is 29.9 Å². The van der Waals surface area contributed by atoms with Crippen molar-refractivity contribution in [2.24, 2.45) is 0 Å². The van der Waals surface area contributed by atoms with Crippen molar-refractivity contribution < 1.29 is 22.7 Å². The Kier molecular flexibility index (Phi) is 5.46. The molecule has 160 valence electrons. The van der Waals surface area contributed by atoms with E-state index in [1.807, 2.05) is 0 Å². The highest BCUT2D eigenvalue weighted by molar-refractivity contribution is 7.09. The van der Waals surface area contributed by atoms with Crippen LogP contribution in [-0.2, 0) is 12.5 Å². The third-order valence-corrected chi connectivity index (χ3v) is 5.00. The van der Waals surface area contributed by atoms with Crippen LogP contribution in [0.2, 0.25) is 0 Å². The molecule has 0 saturated carbocycles. The fraction of sp³-hybridized carbons (Fsp3) is 0.211. The maximum absolute atomic E-state index is 13.3. The number of methoxy groups -OCH3 is 1. The van der Waals surface area contributed by atoms with E-state index >= 15 is 0 Å². The predicted molar refractivity (Wildman–Crippen MR) is 107 cm³/mol. The molecule has 0 radical (unpaired) electrons. The molecule has 31 heavy (non-hydrogen) atoms. The van der Waals surface area contributed by atoms with Gasteiger partial charge < -0.3 is 14.5 Å². The van der Waals surface area contributed by atoms with Gasteiger partial charge in [0.15, 0.2) is 23.7 Å². The highest BCUT2D eigenvalue weighted by Gasteiger charge is 2.27. The average molecular weight is 446 g/mol. The number of nitrogens with one attached hydrogen (secondary N) is 1. The number of aromatic nitrogens is 5. The van der Waals surface area contributed by atoms with Crippen molar-refractivity contribution in [1.29, 1.82) is 0 Å². The molecule has 3 heterocycles. The zero-order valence-corrected chi connectivity index (χ0v) is 17.2. The average Bonchev–Trinajstić information content (AvgIpc) is 3.48. The van der Waals surface area contributed by atoms with Crippen LogP contribution < -0.4 is 10.1 Å². The highest BCUT2D eigenvalue weighted by atomic mass is 32.1. The Balaban J connectivity index is 1.46. The van der Waals surface area contributed by atoms with Crippen LogP contribution in [-0.4, -0.2) is 38.0 Å². The summed E-state index contributed by atoms with van der Waals surface area (Å²) in [6, 6.07) is 7.02. The van der Waals surface area contributed by atoms with Gasteiger partial charge in [-0.3, -0.25) is 4.79 Å². The Morgan fingerprint density at radius 1 is 1.39 bits per heavy atom. The van der Waals surface area contributed by atoms with Crippen LogP contribution in [0.1, 0.15) is 28.1 Å². The second kappa shape index (κ2) is 8.22. The summed E-state index contributed by atoms with van der Waals surface area (Å²) in [6.45, 7) is 0.880. The summed E-state index contributed by atoms with van der Waals surface area (Å²) >= 11 is 1.08. The monoisotopic (exact) mass is 446 g/mol. The summed E-state index contributed by atoms with van der Waals surface area (Å²) in [7, 11) is 1.54. The molecule has 4 rings (SSSR count). The minimum atomic E-state index is -3.01. The SMILES string of the molecule is COc1cccc(-c2ocnc2C(=O)Nc2cnn(Cc3nc(C(C)(F)F)cs3)n2)c1. The first-order valence-electron chi connectivity index (χ1n) is 8.95. The Morgan fingerprint density at radius 3 is 2.97 bits per heavy atom. The molecule has 0 aliphatic rings. The summed E-state index contributed by atoms with van der Waals surface area (Å²) in [5.41, 5.74) is 0.389. The van der Waals surface area contributed by atoms with Crippen LogP contribution in [0.25, 0.3) is 11.3 Å². The van der Waals surface area contributed by atoms with Gasteiger partial charge >= 0.3 is 0 Å². The fourth-order valence-electron chi connectivity index (χ4n) is 2.69. The van der Waals surface area contributed by atoms with Gasteiger partial charge in [0.25, 0.3) is 11.8 Å². The summed E-state index contributed by atoms with van der Waals surface area (Å²) in [5.74, 6) is -2.50. The molecule has 9 nitrogen and oxygen atoms in total. The van der Waals surface area contributed by atoms with Crippen LogP contribution in [0.15, 0.2) is 46.7 Å². The Hall–Kier alpha value is -3.67. The van der Waals surface area contributed by atoms with E-state index < -0.39 is 11.8 Å². The molecule has 0 aliphatic carbocycles. The van der Waals surface area contributed by atoms with Crippen LogP contribution in [0.5, 0.6) is 5.75 Å². The Bertz CT molecular complexity index is 1210. The van der Waals surface area contributed by atoms with Crippen LogP contribution in [0.4, 0.5) is 14.6 Å². The molecule has 1 aromatic carbocycles. The molecule has 1 N–H and O–H groups in total. The van der Waals surface area contributed by atoms with Gasteiger partial charge in [-0.15, -0.1) is 16.4 Å². The Labute approximate surface area is 178 Å². The lowest BCUT2D eigenvalue weighted by Crippen LogP contribution is -2.14. The van der Waals surface area contributed by atoms with Gasteiger partial charge in [0, 0.05) is 17.9 Å². The van der Waals surface area contributed by atoms with Crippen LogP contribution >= 0.6 is 11.3 Å². The van der Waals surface area contributed by atoms with Gasteiger partial charge in [-0.25, -0.2) is 9.97 Å². The number of alkyl halides is 2. The fourth-order valence-corrected chi connectivity index (χ4v) is 3.54. The first-order chi connectivity index (χ1) is 14.8. The minimum Gasteiger partial charge on any atom is -0.497 e. The van der Waals surface area contributed by atoms with Gasteiger partial charge in [0.2, 0.25) is 0 Å². The van der Waals surface area contributed by atoms with E-state index in [0.29, 0.717) is 16.3 Å². The predicted octanol–water partition coefficient (Wildman–Crippen LogP) is 3.81. The number of halogens is 2. The van der Waals surface area contributed by atoms with Gasteiger partial charge in [-0.05, 0) is 12.1 Å². The lowest BCUT2D eigenvalue weighted by Gasteiger charge is -2.04. The maximum atomic E-state index is 13.3. The number of rotatable bonds is 7. The summed E-state index contributed by atoms with van der Waals surface area (Å²) in [6.07, 6.45) is 2.51. The molecule has 4 aromatic rings. The number of anilines is 1. The molecule has 0 atom stereocenters. The quantitative estimate of drug-likeness (QED) is 0.460. The molecule has 0 fully saturated rings. The largest absolute Gasteiger partial charge is 0.497 e. The van der Waals surface area contributed by atoms with Crippen molar-refractivity contribution in [3.8, 4) is 17.1 Å². The van der Waals surface area contributed by atoms with E-state index in [2.05, 4.69) is 25.5 Å². The summed E-state index contributed by atoms with van der Waals surface area (Å²) < 4.78 is 37.2. The highest BCUT2D eigenvalue weighted by Crippen LogP contribution is 2.28. The number of hydrogen-bond acceptors (Lipinski definition) is 8. The smallest absolute Gasteiger partial charge is 0.287 e. The number of amides is 1. The van der Waals surface area contributed by atoms with Crippen LogP contribution in [0, 0.1) is 0 Å². The first-order valence-corrected chi connectivity index (χ1v) is 9.83. The van der Waals surface area contributed by atoms with Crippen LogP contribution in [0.3, 0.4) is 0 Å². The molecule has 0 aliphatic heterocycles. The second-order valence-electron chi connectivity index (χ2n) is 6.49. The van der Waals surface area contributed by atoms with E-state index in [-0.39, 0.29) is 29.5 Å². The van der Waals surface area contributed by atoms with E-state index in [4.69, 9.17) is 9.15 Å². The van der Waals surface area contributed by atoms with E-state index in [1.54, 1.807) is 24.3 Å². The lowest BCUT2D eigenvalue weighted by molar-refractivity contribution is 0.0132. The first kappa shape index (κ1) is 20.6. The number of nitrogens with zero attached hydrogens (tertiary/aromatic N) is 5. The number of carbonyl (C=O) groups is 1. The minimum absolute atomic E-state index is 0.0672. The standard InChI is InChI=1S/C19H16F2N6O3S/c1-19(20,21)13-9-31-15(24-13)8-27-23-7-14(26-27)25-18(28)16-17(30-10-22-16)11-4-3-5-12(6-11)29-2/h3-7,9-10H,8H2,1-2H3,(H,25,26,28). The number of hydrogen-bond donors (Lipinski definition) is 1.